The molecule has 1 aromatic carbocycles. The van der Waals surface area contributed by atoms with Gasteiger partial charge in [-0.05, 0) is 37.1 Å². The number of nitrogens with zero attached hydrogens (tertiary/aromatic N) is 1. The zero-order valence-electron chi connectivity index (χ0n) is 9.24. The Morgan fingerprint density at radius 3 is 2.69 bits per heavy atom. The van der Waals surface area contributed by atoms with Crippen molar-refractivity contribution < 1.29 is 0 Å². The lowest BCUT2D eigenvalue weighted by Gasteiger charge is -2.07. The van der Waals surface area contributed by atoms with Gasteiger partial charge < -0.3 is 5.32 Å². The van der Waals surface area contributed by atoms with Gasteiger partial charge in [0.2, 0.25) is 5.95 Å². The van der Waals surface area contributed by atoms with Crippen LogP contribution in [0.3, 0.4) is 0 Å². The highest BCUT2D eigenvalue weighted by Gasteiger charge is 1.98. The van der Waals surface area contributed by atoms with Crippen molar-refractivity contribution in [2.75, 3.05) is 5.32 Å². The molecule has 4 nitrogen and oxygen atoms in total. The third-order valence-corrected chi connectivity index (χ3v) is 2.44. The molecule has 0 atom stereocenters. The number of aromatic nitrogens is 2. The van der Waals surface area contributed by atoms with Crippen LogP contribution in [0, 0.1) is 13.8 Å². The first kappa shape index (κ1) is 10.4. The van der Waals surface area contributed by atoms with Gasteiger partial charge in [-0.1, -0.05) is 6.07 Å². The number of aryl methyl sites for hydroxylation is 2. The third kappa shape index (κ3) is 2.28. The van der Waals surface area contributed by atoms with Crippen molar-refractivity contribution in [2.24, 2.45) is 0 Å². The molecule has 0 bridgehead atoms. The van der Waals surface area contributed by atoms with Gasteiger partial charge in [-0.15, -0.1) is 0 Å². The topological polar surface area (TPSA) is 57.8 Å². The SMILES string of the molecule is Cc1ccc(Nc2nccc(=O)[nH]2)cc1C. The van der Waals surface area contributed by atoms with Crippen molar-refractivity contribution in [3.05, 3.63) is 51.9 Å². The molecule has 0 radical (unpaired) electrons. The molecule has 4 heteroatoms. The summed E-state index contributed by atoms with van der Waals surface area (Å²) in [6.45, 7) is 4.10. The van der Waals surface area contributed by atoms with E-state index >= 15 is 0 Å². The first-order valence-electron chi connectivity index (χ1n) is 5.05. The zero-order valence-corrected chi connectivity index (χ0v) is 9.24. The van der Waals surface area contributed by atoms with E-state index in [1.165, 1.54) is 23.4 Å². The predicted molar refractivity (Wildman–Crippen MR) is 64.1 cm³/mol. The molecule has 2 N–H and O–H groups in total. The molecule has 16 heavy (non-hydrogen) atoms. The third-order valence-electron chi connectivity index (χ3n) is 2.44. The highest BCUT2D eigenvalue weighted by molar-refractivity contribution is 5.55. The second-order valence-corrected chi connectivity index (χ2v) is 3.71. The van der Waals surface area contributed by atoms with Crippen LogP contribution in [0.2, 0.25) is 0 Å². The summed E-state index contributed by atoms with van der Waals surface area (Å²) < 4.78 is 0. The second kappa shape index (κ2) is 4.18. The van der Waals surface area contributed by atoms with Crippen LogP contribution < -0.4 is 10.9 Å². The molecule has 82 valence electrons. The van der Waals surface area contributed by atoms with Crippen LogP contribution in [0.15, 0.2) is 35.3 Å². The summed E-state index contributed by atoms with van der Waals surface area (Å²) in [6, 6.07) is 7.38. The van der Waals surface area contributed by atoms with Crippen LogP contribution in [0.1, 0.15) is 11.1 Å². The van der Waals surface area contributed by atoms with Crippen LogP contribution >= 0.6 is 0 Å². The molecular weight excluding hydrogens is 202 g/mol. The molecule has 0 amide bonds. The fraction of sp³-hybridized carbons (Fsp3) is 0.167. The first-order chi connectivity index (χ1) is 7.65. The van der Waals surface area contributed by atoms with E-state index in [-0.39, 0.29) is 5.56 Å². The number of benzene rings is 1. The van der Waals surface area contributed by atoms with Crippen molar-refractivity contribution in [1.82, 2.24) is 9.97 Å². The minimum Gasteiger partial charge on any atom is -0.326 e. The quantitative estimate of drug-likeness (QED) is 0.806. The number of hydrogen-bond acceptors (Lipinski definition) is 3. The Labute approximate surface area is 93.4 Å². The van der Waals surface area contributed by atoms with Crippen molar-refractivity contribution in [3.8, 4) is 0 Å². The van der Waals surface area contributed by atoms with Crippen molar-refractivity contribution in [3.63, 3.8) is 0 Å². The average molecular weight is 215 g/mol. The summed E-state index contributed by atoms with van der Waals surface area (Å²) in [5, 5.41) is 3.05. The van der Waals surface area contributed by atoms with Gasteiger partial charge in [-0.3, -0.25) is 9.78 Å². The normalized spacial score (nSPS) is 10.1. The van der Waals surface area contributed by atoms with E-state index in [4.69, 9.17) is 0 Å². The smallest absolute Gasteiger partial charge is 0.252 e. The van der Waals surface area contributed by atoms with Crippen LogP contribution in [0.4, 0.5) is 11.6 Å². The maximum absolute atomic E-state index is 11.1. The van der Waals surface area contributed by atoms with Crippen LogP contribution in [-0.4, -0.2) is 9.97 Å². The van der Waals surface area contributed by atoms with Gasteiger partial charge >= 0.3 is 0 Å². The number of H-pyrrole nitrogens is 1. The molecule has 0 saturated carbocycles. The Kier molecular flexibility index (Phi) is 2.72. The number of nitrogens with one attached hydrogen (secondary N) is 2. The van der Waals surface area contributed by atoms with Gasteiger partial charge in [-0.2, -0.15) is 0 Å². The first-order valence-corrected chi connectivity index (χ1v) is 5.05. The lowest BCUT2D eigenvalue weighted by molar-refractivity contribution is 1.12. The minimum atomic E-state index is -0.165. The average Bonchev–Trinajstić information content (AvgIpc) is 2.24. The van der Waals surface area contributed by atoms with Gasteiger partial charge in [-0.25, -0.2) is 4.98 Å². The van der Waals surface area contributed by atoms with Crippen molar-refractivity contribution in [1.29, 1.82) is 0 Å². The summed E-state index contributed by atoms with van der Waals surface area (Å²) in [4.78, 5) is 17.7. The molecule has 0 saturated heterocycles. The zero-order chi connectivity index (χ0) is 11.5. The van der Waals surface area contributed by atoms with E-state index in [1.807, 2.05) is 25.1 Å². The number of hydrogen-bond donors (Lipinski definition) is 2. The van der Waals surface area contributed by atoms with Gasteiger partial charge in [0, 0.05) is 18.0 Å². The molecular formula is C12H13N3O. The minimum absolute atomic E-state index is 0.165. The van der Waals surface area contributed by atoms with Crippen molar-refractivity contribution >= 4 is 11.6 Å². The van der Waals surface area contributed by atoms with Gasteiger partial charge in [0.25, 0.3) is 5.56 Å². The summed E-state index contributed by atoms with van der Waals surface area (Å²) in [6.07, 6.45) is 1.47. The van der Waals surface area contributed by atoms with Gasteiger partial charge in [0.15, 0.2) is 0 Å². The molecule has 2 rings (SSSR count). The van der Waals surface area contributed by atoms with Gasteiger partial charge in [0.1, 0.15) is 0 Å². The standard InChI is InChI=1S/C12H13N3O/c1-8-3-4-10(7-9(8)2)14-12-13-6-5-11(16)15-12/h3-7H,1-2H3,(H2,13,14,15,16). The van der Waals surface area contributed by atoms with Gasteiger partial charge in [0.05, 0.1) is 0 Å². The largest absolute Gasteiger partial charge is 0.326 e. The predicted octanol–water partition coefficient (Wildman–Crippen LogP) is 2.13. The molecule has 0 aliphatic rings. The number of anilines is 2. The Balaban J connectivity index is 2.27. The lowest BCUT2D eigenvalue weighted by Crippen LogP contribution is -2.08. The maximum Gasteiger partial charge on any atom is 0.252 e. The fourth-order valence-electron chi connectivity index (χ4n) is 1.39. The van der Waals surface area contributed by atoms with E-state index < -0.39 is 0 Å². The molecule has 0 aliphatic heterocycles. The molecule has 0 spiro atoms. The van der Waals surface area contributed by atoms with Crippen LogP contribution in [-0.2, 0) is 0 Å². The van der Waals surface area contributed by atoms with Crippen LogP contribution in [0.25, 0.3) is 0 Å². The van der Waals surface area contributed by atoms with Crippen molar-refractivity contribution in [2.45, 2.75) is 13.8 Å². The molecule has 0 aliphatic carbocycles. The number of aromatic amines is 1. The van der Waals surface area contributed by atoms with Crippen LogP contribution in [0.5, 0.6) is 0 Å². The molecule has 2 aromatic rings. The highest BCUT2D eigenvalue weighted by atomic mass is 16.1. The van der Waals surface area contributed by atoms with E-state index in [9.17, 15) is 4.79 Å². The second-order valence-electron chi connectivity index (χ2n) is 3.71. The Morgan fingerprint density at radius 2 is 2.00 bits per heavy atom. The summed E-state index contributed by atoms with van der Waals surface area (Å²) >= 11 is 0. The van der Waals surface area contributed by atoms with E-state index in [2.05, 4.69) is 22.2 Å². The summed E-state index contributed by atoms with van der Waals surface area (Å²) in [7, 11) is 0. The maximum atomic E-state index is 11.1. The highest BCUT2D eigenvalue weighted by Crippen LogP contribution is 2.16. The molecule has 0 unspecified atom stereocenters. The number of rotatable bonds is 2. The summed E-state index contributed by atoms with van der Waals surface area (Å²) in [5.41, 5.74) is 3.18. The Bertz CT molecular complexity index is 560. The molecule has 0 fully saturated rings. The van der Waals surface area contributed by atoms with E-state index in [0.29, 0.717) is 5.95 Å². The Morgan fingerprint density at radius 1 is 1.19 bits per heavy atom. The summed E-state index contributed by atoms with van der Waals surface area (Å²) in [5.74, 6) is 0.454. The van der Waals surface area contributed by atoms with E-state index in [1.54, 1.807) is 0 Å². The lowest BCUT2D eigenvalue weighted by atomic mass is 10.1. The molecule has 1 heterocycles. The fourth-order valence-corrected chi connectivity index (χ4v) is 1.39. The monoisotopic (exact) mass is 215 g/mol. The van der Waals surface area contributed by atoms with E-state index in [0.717, 1.165) is 5.69 Å². The Hall–Kier alpha value is -2.10. The molecule has 1 aromatic heterocycles.